The van der Waals surface area contributed by atoms with Crippen LogP contribution in [0.4, 0.5) is 11.4 Å². The van der Waals surface area contributed by atoms with Crippen LogP contribution in [-0.4, -0.2) is 43.2 Å². The Hall–Kier alpha value is -1.75. The fourth-order valence-corrected chi connectivity index (χ4v) is 1.83. The van der Waals surface area contributed by atoms with Crippen LogP contribution in [0.25, 0.3) is 0 Å². The Balaban J connectivity index is 2.85. The maximum Gasteiger partial charge on any atom is 0.253 e. The number of hydrogen-bond acceptors (Lipinski definition) is 4. The van der Waals surface area contributed by atoms with Gasteiger partial charge in [0.05, 0.1) is 11.4 Å². The first-order chi connectivity index (χ1) is 9.26. The quantitative estimate of drug-likeness (QED) is 0.694. The van der Waals surface area contributed by atoms with Crippen LogP contribution in [0.2, 0.25) is 0 Å². The Kier molecular flexibility index (Phi) is 5.39. The van der Waals surface area contributed by atoms with Crippen molar-refractivity contribution in [2.75, 3.05) is 38.3 Å². The molecule has 0 aliphatic carbocycles. The average Bonchev–Trinajstić information content (AvgIpc) is 2.36. The highest BCUT2D eigenvalue weighted by molar-refractivity contribution is 5.95. The molecule has 0 heterocycles. The van der Waals surface area contributed by atoms with Crippen molar-refractivity contribution in [2.24, 2.45) is 5.41 Å². The number of amides is 1. The van der Waals surface area contributed by atoms with Gasteiger partial charge in [-0.3, -0.25) is 4.79 Å². The Morgan fingerprint density at radius 2 is 2.05 bits per heavy atom. The monoisotopic (exact) mass is 279 g/mol. The van der Waals surface area contributed by atoms with Crippen molar-refractivity contribution < 1.29 is 9.90 Å². The van der Waals surface area contributed by atoms with Gasteiger partial charge in [-0.05, 0) is 30.0 Å². The molecule has 0 bridgehead atoms. The van der Waals surface area contributed by atoms with Gasteiger partial charge in [0.2, 0.25) is 0 Å². The molecule has 0 aromatic heterocycles. The van der Waals surface area contributed by atoms with Crippen molar-refractivity contribution in [3.63, 3.8) is 0 Å². The molecule has 0 fully saturated rings. The molecule has 5 nitrogen and oxygen atoms in total. The van der Waals surface area contributed by atoms with Crippen molar-refractivity contribution in [1.82, 2.24) is 4.90 Å². The van der Waals surface area contributed by atoms with Gasteiger partial charge >= 0.3 is 0 Å². The molecule has 20 heavy (non-hydrogen) atoms. The first-order valence-electron chi connectivity index (χ1n) is 6.73. The number of aliphatic hydroxyl groups is 1. The van der Waals surface area contributed by atoms with Crippen molar-refractivity contribution >= 4 is 17.3 Å². The van der Waals surface area contributed by atoms with E-state index in [1.165, 1.54) is 4.90 Å². The lowest BCUT2D eigenvalue weighted by Gasteiger charge is -2.25. The molecule has 112 valence electrons. The third kappa shape index (κ3) is 4.42. The largest absolute Gasteiger partial charge is 0.397 e. The van der Waals surface area contributed by atoms with E-state index < -0.39 is 0 Å². The molecule has 0 radical (unpaired) electrons. The van der Waals surface area contributed by atoms with Crippen LogP contribution in [0.3, 0.4) is 0 Å². The number of rotatable bonds is 6. The van der Waals surface area contributed by atoms with Crippen LogP contribution in [0.5, 0.6) is 0 Å². The van der Waals surface area contributed by atoms with Crippen molar-refractivity contribution in [3.8, 4) is 0 Å². The molecule has 1 rings (SSSR count). The topological polar surface area (TPSA) is 78.6 Å². The fourth-order valence-electron chi connectivity index (χ4n) is 1.83. The van der Waals surface area contributed by atoms with E-state index in [1.54, 1.807) is 32.3 Å². The number of aliphatic hydroxyl groups excluding tert-OH is 1. The van der Waals surface area contributed by atoms with E-state index in [-0.39, 0.29) is 17.9 Å². The SMILES string of the molecule is CN(C)C(=O)c1ccc(N)c(NCC(C)(C)CCO)c1. The summed E-state index contributed by atoms with van der Waals surface area (Å²) in [6.07, 6.45) is 0.705. The lowest BCUT2D eigenvalue weighted by atomic mass is 9.89. The Morgan fingerprint density at radius 3 is 2.60 bits per heavy atom. The lowest BCUT2D eigenvalue weighted by Crippen LogP contribution is -2.25. The predicted molar refractivity (Wildman–Crippen MR) is 82.8 cm³/mol. The zero-order chi connectivity index (χ0) is 15.3. The number of nitrogens with one attached hydrogen (secondary N) is 1. The van der Waals surface area contributed by atoms with E-state index in [4.69, 9.17) is 10.8 Å². The molecular weight excluding hydrogens is 254 g/mol. The number of carbonyl (C=O) groups excluding carboxylic acids is 1. The number of nitrogens with zero attached hydrogens (tertiary/aromatic N) is 1. The van der Waals surface area contributed by atoms with Crippen molar-refractivity contribution in [2.45, 2.75) is 20.3 Å². The van der Waals surface area contributed by atoms with E-state index in [9.17, 15) is 4.79 Å². The number of anilines is 2. The summed E-state index contributed by atoms with van der Waals surface area (Å²) in [4.78, 5) is 13.5. The molecule has 0 atom stereocenters. The summed E-state index contributed by atoms with van der Waals surface area (Å²) in [5.74, 6) is -0.0531. The molecule has 1 aromatic carbocycles. The smallest absolute Gasteiger partial charge is 0.253 e. The Morgan fingerprint density at radius 1 is 1.40 bits per heavy atom. The number of benzene rings is 1. The highest BCUT2D eigenvalue weighted by atomic mass is 16.3. The number of hydrogen-bond donors (Lipinski definition) is 3. The summed E-state index contributed by atoms with van der Waals surface area (Å²) in [6, 6.07) is 5.23. The van der Waals surface area contributed by atoms with Crippen LogP contribution < -0.4 is 11.1 Å². The number of nitrogen functional groups attached to an aromatic ring is 1. The van der Waals surface area contributed by atoms with Gasteiger partial charge in [0.25, 0.3) is 5.91 Å². The third-order valence-corrected chi connectivity index (χ3v) is 3.25. The van der Waals surface area contributed by atoms with Gasteiger partial charge in [-0.2, -0.15) is 0 Å². The molecule has 5 heteroatoms. The fraction of sp³-hybridized carbons (Fsp3) is 0.533. The van der Waals surface area contributed by atoms with E-state index in [0.29, 0.717) is 24.2 Å². The van der Waals surface area contributed by atoms with Crippen LogP contribution in [0, 0.1) is 5.41 Å². The van der Waals surface area contributed by atoms with Gasteiger partial charge in [0, 0.05) is 32.8 Å². The molecule has 0 aliphatic rings. The average molecular weight is 279 g/mol. The third-order valence-electron chi connectivity index (χ3n) is 3.25. The zero-order valence-corrected chi connectivity index (χ0v) is 12.7. The molecule has 1 amide bonds. The van der Waals surface area contributed by atoms with E-state index in [1.807, 2.05) is 0 Å². The predicted octanol–water partition coefficient (Wildman–Crippen LogP) is 1.79. The molecule has 0 aliphatic heterocycles. The molecule has 1 aromatic rings. The second-order valence-electron chi connectivity index (χ2n) is 5.99. The normalized spacial score (nSPS) is 11.2. The lowest BCUT2D eigenvalue weighted by molar-refractivity contribution is 0.0827. The van der Waals surface area contributed by atoms with E-state index in [0.717, 1.165) is 5.69 Å². The maximum absolute atomic E-state index is 11.9. The summed E-state index contributed by atoms with van der Waals surface area (Å²) < 4.78 is 0. The van der Waals surface area contributed by atoms with Crippen LogP contribution in [0.1, 0.15) is 30.6 Å². The number of nitrogens with two attached hydrogens (primary N) is 1. The molecule has 0 saturated carbocycles. The van der Waals surface area contributed by atoms with Crippen LogP contribution in [-0.2, 0) is 0 Å². The van der Waals surface area contributed by atoms with Crippen LogP contribution >= 0.6 is 0 Å². The summed E-state index contributed by atoms with van der Waals surface area (Å²) in [6.45, 7) is 4.98. The second-order valence-corrected chi connectivity index (χ2v) is 5.99. The summed E-state index contributed by atoms with van der Waals surface area (Å²) >= 11 is 0. The molecule has 0 spiro atoms. The van der Waals surface area contributed by atoms with E-state index in [2.05, 4.69) is 19.2 Å². The van der Waals surface area contributed by atoms with Gasteiger partial charge in [-0.15, -0.1) is 0 Å². The van der Waals surface area contributed by atoms with Gasteiger partial charge in [-0.25, -0.2) is 0 Å². The van der Waals surface area contributed by atoms with Crippen LogP contribution in [0.15, 0.2) is 18.2 Å². The maximum atomic E-state index is 11.9. The van der Waals surface area contributed by atoms with Gasteiger partial charge in [-0.1, -0.05) is 13.8 Å². The standard InChI is InChI=1S/C15H25N3O2/c1-15(2,7-8-19)10-17-13-9-11(5-6-12(13)16)14(20)18(3)4/h5-6,9,17,19H,7-8,10,16H2,1-4H3. The Bertz CT molecular complexity index is 470. The van der Waals surface area contributed by atoms with Crippen molar-refractivity contribution in [1.29, 1.82) is 0 Å². The summed E-state index contributed by atoms with van der Waals surface area (Å²) in [5.41, 5.74) is 7.86. The molecular formula is C15H25N3O2. The van der Waals surface area contributed by atoms with Gasteiger partial charge in [0.15, 0.2) is 0 Å². The highest BCUT2D eigenvalue weighted by Crippen LogP contribution is 2.25. The van der Waals surface area contributed by atoms with Gasteiger partial charge in [0.1, 0.15) is 0 Å². The minimum absolute atomic E-state index is 0.0389. The molecule has 0 saturated heterocycles. The van der Waals surface area contributed by atoms with E-state index >= 15 is 0 Å². The molecule has 4 N–H and O–H groups in total. The Labute approximate surface area is 120 Å². The minimum Gasteiger partial charge on any atom is -0.397 e. The first-order valence-corrected chi connectivity index (χ1v) is 6.73. The summed E-state index contributed by atoms with van der Waals surface area (Å²) in [7, 11) is 3.44. The molecule has 0 unspecified atom stereocenters. The number of carbonyl (C=O) groups is 1. The van der Waals surface area contributed by atoms with Crippen molar-refractivity contribution in [3.05, 3.63) is 23.8 Å². The van der Waals surface area contributed by atoms with Gasteiger partial charge < -0.3 is 21.1 Å². The first kappa shape index (κ1) is 16.3. The highest BCUT2D eigenvalue weighted by Gasteiger charge is 2.18. The minimum atomic E-state index is -0.0531. The zero-order valence-electron chi connectivity index (χ0n) is 12.7. The second kappa shape index (κ2) is 6.61. The summed E-state index contributed by atoms with van der Waals surface area (Å²) in [5, 5.41) is 12.3.